The Morgan fingerprint density at radius 3 is 2.95 bits per heavy atom. The molecule has 1 saturated carbocycles. The molecule has 2 fully saturated rings. The van der Waals surface area contributed by atoms with Crippen LogP contribution in [0, 0.1) is 11.8 Å². The van der Waals surface area contributed by atoms with Gasteiger partial charge in [0.25, 0.3) is 0 Å². The highest BCUT2D eigenvalue weighted by atomic mass is 16.5. The van der Waals surface area contributed by atoms with E-state index in [1.807, 2.05) is 6.07 Å². The smallest absolute Gasteiger partial charge is 0.339 e. The van der Waals surface area contributed by atoms with E-state index in [2.05, 4.69) is 14.6 Å². The van der Waals surface area contributed by atoms with Crippen LogP contribution in [-0.4, -0.2) is 42.1 Å². The van der Waals surface area contributed by atoms with E-state index in [4.69, 9.17) is 5.73 Å². The number of rotatable bonds is 3. The van der Waals surface area contributed by atoms with Gasteiger partial charge in [-0.15, -0.1) is 0 Å². The summed E-state index contributed by atoms with van der Waals surface area (Å²) in [6.07, 6.45) is 4.02. The number of esters is 1. The molecule has 108 valence electrons. The number of fused-ring (bicyclic) bond motifs is 1. The van der Waals surface area contributed by atoms with Crippen molar-refractivity contribution in [2.75, 3.05) is 20.2 Å². The van der Waals surface area contributed by atoms with E-state index in [0.717, 1.165) is 31.2 Å². The van der Waals surface area contributed by atoms with Crippen LogP contribution in [0.5, 0.6) is 0 Å². The first-order valence-corrected chi connectivity index (χ1v) is 7.18. The van der Waals surface area contributed by atoms with Crippen molar-refractivity contribution < 1.29 is 9.53 Å². The lowest BCUT2D eigenvalue weighted by Gasteiger charge is -2.17. The minimum Gasteiger partial charge on any atom is -0.465 e. The number of likely N-dealkylation sites (tertiary alicyclic amines) is 1. The van der Waals surface area contributed by atoms with Gasteiger partial charge in [0.15, 0.2) is 0 Å². The molecule has 5 heteroatoms. The van der Waals surface area contributed by atoms with Gasteiger partial charge in [-0.1, -0.05) is 0 Å². The van der Waals surface area contributed by atoms with E-state index in [1.54, 1.807) is 12.3 Å². The molecule has 1 saturated heterocycles. The van der Waals surface area contributed by atoms with E-state index in [1.165, 1.54) is 20.0 Å². The molecule has 1 aromatic heterocycles. The molecule has 3 atom stereocenters. The lowest BCUT2D eigenvalue weighted by Crippen LogP contribution is -2.30. The van der Waals surface area contributed by atoms with Gasteiger partial charge in [-0.25, -0.2) is 4.79 Å². The largest absolute Gasteiger partial charge is 0.465 e. The molecular weight excluding hydrogens is 254 g/mol. The number of carbonyl (C=O) groups is 1. The fourth-order valence-electron chi connectivity index (χ4n) is 3.51. The summed E-state index contributed by atoms with van der Waals surface area (Å²) in [6, 6.07) is 4.05. The van der Waals surface area contributed by atoms with E-state index in [9.17, 15) is 4.79 Å². The fraction of sp³-hybridized carbons (Fsp3) is 0.600. The predicted octanol–water partition coefficient (Wildman–Crippen LogP) is 1.04. The molecule has 5 nitrogen and oxygen atoms in total. The third-order valence-corrected chi connectivity index (χ3v) is 4.62. The molecule has 1 aromatic rings. The SMILES string of the molecule is COC(=O)c1ccc(CN2CC3CCC(N)C3C2)nc1. The summed E-state index contributed by atoms with van der Waals surface area (Å²) in [5, 5.41) is 0. The first-order valence-electron chi connectivity index (χ1n) is 7.18. The van der Waals surface area contributed by atoms with Crippen molar-refractivity contribution in [3.63, 3.8) is 0 Å². The number of carbonyl (C=O) groups excluding carboxylic acids is 1. The summed E-state index contributed by atoms with van der Waals surface area (Å²) < 4.78 is 4.67. The van der Waals surface area contributed by atoms with Crippen LogP contribution in [0.2, 0.25) is 0 Å². The van der Waals surface area contributed by atoms with Gasteiger partial charge in [0.2, 0.25) is 0 Å². The number of hydrogen-bond donors (Lipinski definition) is 1. The number of ether oxygens (including phenoxy) is 1. The highest BCUT2D eigenvalue weighted by Gasteiger charge is 2.40. The highest BCUT2D eigenvalue weighted by Crippen LogP contribution is 2.37. The van der Waals surface area contributed by atoms with Crippen LogP contribution in [0.3, 0.4) is 0 Å². The molecular formula is C15H21N3O2. The number of hydrogen-bond acceptors (Lipinski definition) is 5. The zero-order valence-corrected chi connectivity index (χ0v) is 11.8. The van der Waals surface area contributed by atoms with Gasteiger partial charge < -0.3 is 10.5 Å². The van der Waals surface area contributed by atoms with Gasteiger partial charge in [0.05, 0.1) is 18.4 Å². The first kappa shape index (κ1) is 13.5. The Bertz CT molecular complexity index is 488. The Labute approximate surface area is 119 Å². The van der Waals surface area contributed by atoms with E-state index in [-0.39, 0.29) is 5.97 Å². The molecule has 3 rings (SSSR count). The Kier molecular flexibility index (Phi) is 3.72. The summed E-state index contributed by atoms with van der Waals surface area (Å²) >= 11 is 0. The molecule has 0 radical (unpaired) electrons. The average Bonchev–Trinajstić information content (AvgIpc) is 3.01. The normalized spacial score (nSPS) is 29.4. The van der Waals surface area contributed by atoms with E-state index < -0.39 is 0 Å². The van der Waals surface area contributed by atoms with Gasteiger partial charge in [-0.3, -0.25) is 9.88 Å². The number of nitrogens with zero attached hydrogens (tertiary/aromatic N) is 2. The molecule has 3 unspecified atom stereocenters. The van der Waals surface area contributed by atoms with Crippen LogP contribution in [-0.2, 0) is 11.3 Å². The van der Waals surface area contributed by atoms with E-state index in [0.29, 0.717) is 17.5 Å². The highest BCUT2D eigenvalue weighted by molar-refractivity contribution is 5.88. The van der Waals surface area contributed by atoms with Crippen molar-refractivity contribution in [3.05, 3.63) is 29.6 Å². The standard InChI is InChI=1S/C15H21N3O2/c1-20-15(19)10-2-4-12(17-6-10)8-18-7-11-3-5-14(16)13(11)9-18/h2,4,6,11,13-14H,3,5,7-9,16H2,1H3. The second kappa shape index (κ2) is 5.50. The van der Waals surface area contributed by atoms with Gasteiger partial charge in [-0.05, 0) is 36.8 Å². The molecule has 0 amide bonds. The van der Waals surface area contributed by atoms with Crippen molar-refractivity contribution in [2.24, 2.45) is 17.6 Å². The molecule has 1 aliphatic carbocycles. The second-order valence-electron chi connectivity index (χ2n) is 5.89. The Hall–Kier alpha value is -1.46. The van der Waals surface area contributed by atoms with Crippen molar-refractivity contribution in [3.8, 4) is 0 Å². The van der Waals surface area contributed by atoms with E-state index >= 15 is 0 Å². The number of nitrogens with two attached hydrogens (primary N) is 1. The maximum Gasteiger partial charge on any atom is 0.339 e. The maximum absolute atomic E-state index is 11.4. The third kappa shape index (κ3) is 2.55. The summed E-state index contributed by atoms with van der Waals surface area (Å²) in [7, 11) is 1.38. The maximum atomic E-state index is 11.4. The Morgan fingerprint density at radius 2 is 2.30 bits per heavy atom. The Balaban J connectivity index is 1.60. The van der Waals surface area contributed by atoms with Crippen LogP contribution < -0.4 is 5.73 Å². The van der Waals surface area contributed by atoms with Crippen molar-refractivity contribution >= 4 is 5.97 Å². The van der Waals surface area contributed by atoms with Gasteiger partial charge >= 0.3 is 5.97 Å². The lowest BCUT2D eigenvalue weighted by molar-refractivity contribution is 0.0600. The Morgan fingerprint density at radius 1 is 1.45 bits per heavy atom. The first-order chi connectivity index (χ1) is 9.67. The fourth-order valence-corrected chi connectivity index (χ4v) is 3.51. The van der Waals surface area contributed by atoms with Crippen molar-refractivity contribution in [1.29, 1.82) is 0 Å². The number of methoxy groups -OCH3 is 1. The summed E-state index contributed by atoms with van der Waals surface area (Å²) in [5.74, 6) is 1.08. The predicted molar refractivity (Wildman–Crippen MR) is 75.0 cm³/mol. The van der Waals surface area contributed by atoms with Crippen LogP contribution in [0.15, 0.2) is 18.3 Å². The third-order valence-electron chi connectivity index (χ3n) is 4.62. The second-order valence-corrected chi connectivity index (χ2v) is 5.89. The molecule has 2 N–H and O–H groups in total. The summed E-state index contributed by atoms with van der Waals surface area (Å²) in [6.45, 7) is 3.03. The monoisotopic (exact) mass is 275 g/mol. The van der Waals surface area contributed by atoms with Gasteiger partial charge in [-0.2, -0.15) is 0 Å². The van der Waals surface area contributed by atoms with Crippen LogP contribution in [0.4, 0.5) is 0 Å². The van der Waals surface area contributed by atoms with Crippen LogP contribution in [0.1, 0.15) is 28.9 Å². The van der Waals surface area contributed by atoms with Crippen molar-refractivity contribution in [1.82, 2.24) is 9.88 Å². The van der Waals surface area contributed by atoms with Gasteiger partial charge in [0, 0.05) is 31.9 Å². The van der Waals surface area contributed by atoms with Crippen LogP contribution in [0.25, 0.3) is 0 Å². The molecule has 2 aliphatic rings. The van der Waals surface area contributed by atoms with Crippen molar-refractivity contribution in [2.45, 2.75) is 25.4 Å². The topological polar surface area (TPSA) is 68.5 Å². The molecule has 2 heterocycles. The number of aromatic nitrogens is 1. The quantitative estimate of drug-likeness (QED) is 0.835. The van der Waals surface area contributed by atoms with Gasteiger partial charge in [0.1, 0.15) is 0 Å². The molecule has 1 aliphatic heterocycles. The lowest BCUT2D eigenvalue weighted by atomic mass is 9.98. The molecule has 20 heavy (non-hydrogen) atoms. The molecule has 0 spiro atoms. The zero-order valence-electron chi connectivity index (χ0n) is 11.8. The van der Waals surface area contributed by atoms with Crippen LogP contribution >= 0.6 is 0 Å². The molecule has 0 bridgehead atoms. The minimum absolute atomic E-state index is 0.342. The summed E-state index contributed by atoms with van der Waals surface area (Å²) in [5.41, 5.74) is 7.64. The summed E-state index contributed by atoms with van der Waals surface area (Å²) in [4.78, 5) is 18.1. The minimum atomic E-state index is -0.342. The average molecular weight is 275 g/mol. The number of pyridine rings is 1. The zero-order chi connectivity index (χ0) is 14.1. The molecule has 0 aromatic carbocycles.